The Morgan fingerprint density at radius 2 is 1.37 bits per heavy atom. The van der Waals surface area contributed by atoms with Gasteiger partial charge in [0.25, 0.3) is 0 Å². The van der Waals surface area contributed by atoms with E-state index in [9.17, 15) is 13.2 Å². The Kier molecular flexibility index (Phi) is 5.00. The number of imidazole rings is 1. The highest BCUT2D eigenvalue weighted by Crippen LogP contribution is 2.30. The molecule has 0 saturated carbocycles. The lowest BCUT2D eigenvalue weighted by molar-refractivity contribution is -0.140. The number of hydrogen-bond acceptors (Lipinski definition) is 2. The van der Waals surface area contributed by atoms with Crippen LogP contribution in [0.15, 0.2) is 54.7 Å². The number of aromatic amines is 1. The van der Waals surface area contributed by atoms with Gasteiger partial charge in [-0.2, -0.15) is 13.2 Å². The minimum atomic E-state index is -4.43. The molecule has 0 amide bonds. The molecule has 3 aromatic rings. The van der Waals surface area contributed by atoms with Gasteiger partial charge in [-0.15, -0.1) is 0 Å². The molecule has 0 bridgehead atoms. The van der Waals surface area contributed by atoms with Gasteiger partial charge in [0.05, 0.1) is 12.8 Å². The van der Waals surface area contributed by atoms with Crippen LogP contribution in [0.25, 0.3) is 22.5 Å². The number of H-pyrrole nitrogens is 1. The molecule has 0 aliphatic heterocycles. The Hall–Kier alpha value is -2.76. The summed E-state index contributed by atoms with van der Waals surface area (Å²) >= 11 is 0. The highest BCUT2D eigenvalue weighted by atomic mass is 19.4. The normalized spacial score (nSPS) is 12.2. The molecule has 0 aliphatic carbocycles. The van der Waals surface area contributed by atoms with Gasteiger partial charge in [0.2, 0.25) is 0 Å². The molecule has 6 heteroatoms. The molecule has 0 fully saturated rings. The lowest BCUT2D eigenvalue weighted by Crippen LogP contribution is -2.16. The van der Waals surface area contributed by atoms with Gasteiger partial charge in [0, 0.05) is 5.56 Å². The van der Waals surface area contributed by atoms with Gasteiger partial charge < -0.3 is 9.72 Å². The topological polar surface area (TPSA) is 37.9 Å². The Labute approximate surface area is 156 Å². The lowest BCUT2D eigenvalue weighted by Gasteiger charge is -2.18. The fourth-order valence-corrected chi connectivity index (χ4v) is 2.48. The average Bonchev–Trinajstić information content (AvgIpc) is 3.10. The van der Waals surface area contributed by atoms with Crippen LogP contribution in [0.2, 0.25) is 0 Å². The predicted octanol–water partition coefficient (Wildman–Crippen LogP) is 6.19. The van der Waals surface area contributed by atoms with Crippen molar-refractivity contribution in [2.75, 3.05) is 6.61 Å². The molecule has 0 spiro atoms. The maximum Gasteiger partial charge on any atom is 0.432 e. The number of nitrogens with one attached hydrogen (secondary N) is 1. The smallest absolute Gasteiger partial charge is 0.432 e. The summed E-state index contributed by atoms with van der Waals surface area (Å²) in [6.07, 6.45) is -3.62. The van der Waals surface area contributed by atoms with Crippen LogP contribution >= 0.6 is 0 Å². The zero-order valence-electron chi connectivity index (χ0n) is 15.4. The standard InChI is InChI=1S/C21H21F3N2O/c1-20(2,3)13-27-17-10-8-15(9-11-17)14-4-6-16(7-5-14)19-25-12-18(26-19)21(22,23)24/h4-12H,13H2,1-3H3,(H,25,26). The molecule has 1 aromatic heterocycles. The molecule has 0 radical (unpaired) electrons. The van der Waals surface area contributed by atoms with Crippen molar-refractivity contribution in [2.45, 2.75) is 26.9 Å². The monoisotopic (exact) mass is 374 g/mol. The van der Waals surface area contributed by atoms with E-state index in [-0.39, 0.29) is 11.2 Å². The molecule has 1 heterocycles. The number of nitrogens with zero attached hydrogens (tertiary/aromatic N) is 1. The second-order valence-electron chi connectivity index (χ2n) is 7.59. The van der Waals surface area contributed by atoms with Crippen molar-refractivity contribution in [3.05, 3.63) is 60.4 Å². The van der Waals surface area contributed by atoms with Crippen LogP contribution in [0.1, 0.15) is 26.5 Å². The van der Waals surface area contributed by atoms with Gasteiger partial charge in [-0.25, -0.2) is 4.98 Å². The molecule has 1 N–H and O–H groups in total. The number of halogens is 3. The molecule has 3 rings (SSSR count). The van der Waals surface area contributed by atoms with Gasteiger partial charge in [-0.3, -0.25) is 0 Å². The first-order valence-electron chi connectivity index (χ1n) is 8.58. The first-order chi connectivity index (χ1) is 12.6. The molecule has 0 aliphatic rings. The summed E-state index contributed by atoms with van der Waals surface area (Å²) in [7, 11) is 0. The number of ether oxygens (including phenoxy) is 1. The van der Waals surface area contributed by atoms with Crippen molar-refractivity contribution in [2.24, 2.45) is 5.41 Å². The van der Waals surface area contributed by atoms with Crippen molar-refractivity contribution in [1.82, 2.24) is 9.97 Å². The minimum absolute atomic E-state index is 0.0896. The van der Waals surface area contributed by atoms with Gasteiger partial charge in [0.1, 0.15) is 17.3 Å². The largest absolute Gasteiger partial charge is 0.493 e. The van der Waals surface area contributed by atoms with E-state index in [2.05, 4.69) is 30.7 Å². The van der Waals surface area contributed by atoms with E-state index in [1.807, 2.05) is 36.4 Å². The lowest BCUT2D eigenvalue weighted by atomic mass is 9.98. The highest BCUT2D eigenvalue weighted by molar-refractivity contribution is 5.68. The van der Waals surface area contributed by atoms with Gasteiger partial charge in [-0.05, 0) is 28.7 Å². The summed E-state index contributed by atoms with van der Waals surface area (Å²) in [4.78, 5) is 6.12. The zero-order chi connectivity index (χ0) is 19.7. The number of hydrogen-bond donors (Lipinski definition) is 1. The third-order valence-electron chi connectivity index (χ3n) is 3.90. The summed E-state index contributed by atoms with van der Waals surface area (Å²) in [5, 5.41) is 0. The molecular formula is C21H21F3N2O. The van der Waals surface area contributed by atoms with Gasteiger partial charge >= 0.3 is 6.18 Å². The van der Waals surface area contributed by atoms with Crippen LogP contribution in [-0.2, 0) is 6.18 Å². The van der Waals surface area contributed by atoms with Crippen LogP contribution < -0.4 is 4.74 Å². The Balaban J connectivity index is 1.73. The summed E-state index contributed by atoms with van der Waals surface area (Å²) in [5.74, 6) is 1.00. The van der Waals surface area contributed by atoms with E-state index in [1.165, 1.54) is 0 Å². The van der Waals surface area contributed by atoms with Crippen LogP contribution in [0, 0.1) is 5.41 Å². The third-order valence-corrected chi connectivity index (χ3v) is 3.90. The maximum atomic E-state index is 12.7. The SMILES string of the molecule is CC(C)(C)COc1ccc(-c2ccc(-c3ncc(C(F)(F)F)[nH]3)cc2)cc1. The fraction of sp³-hybridized carbons (Fsp3) is 0.286. The number of alkyl halides is 3. The zero-order valence-corrected chi connectivity index (χ0v) is 15.4. The predicted molar refractivity (Wildman–Crippen MR) is 99.4 cm³/mol. The van der Waals surface area contributed by atoms with Crippen LogP contribution in [0.3, 0.4) is 0 Å². The van der Waals surface area contributed by atoms with Gasteiger partial charge in [0.15, 0.2) is 0 Å². The van der Waals surface area contributed by atoms with Crippen LogP contribution in [-0.4, -0.2) is 16.6 Å². The highest BCUT2D eigenvalue weighted by Gasteiger charge is 2.33. The Bertz CT molecular complexity index is 889. The third kappa shape index (κ3) is 4.90. The molecule has 3 nitrogen and oxygen atoms in total. The first-order valence-corrected chi connectivity index (χ1v) is 8.58. The molecule has 142 valence electrons. The second-order valence-corrected chi connectivity index (χ2v) is 7.59. The molecule has 0 atom stereocenters. The van der Waals surface area contributed by atoms with E-state index >= 15 is 0 Å². The van der Waals surface area contributed by atoms with E-state index in [0.717, 1.165) is 23.1 Å². The van der Waals surface area contributed by atoms with Crippen molar-refractivity contribution in [3.63, 3.8) is 0 Å². The molecular weight excluding hydrogens is 353 g/mol. The summed E-state index contributed by atoms with van der Waals surface area (Å²) < 4.78 is 43.8. The van der Waals surface area contributed by atoms with Crippen molar-refractivity contribution >= 4 is 0 Å². The maximum absolute atomic E-state index is 12.7. The fourth-order valence-electron chi connectivity index (χ4n) is 2.48. The molecule has 2 aromatic carbocycles. The number of rotatable bonds is 4. The van der Waals surface area contributed by atoms with E-state index in [4.69, 9.17) is 4.74 Å². The quantitative estimate of drug-likeness (QED) is 0.591. The first kappa shape index (κ1) is 19.0. The molecule has 0 unspecified atom stereocenters. The summed E-state index contributed by atoms with van der Waals surface area (Å²) in [6.45, 7) is 6.96. The Morgan fingerprint density at radius 3 is 1.85 bits per heavy atom. The molecule has 0 saturated heterocycles. The van der Waals surface area contributed by atoms with Crippen LogP contribution in [0.5, 0.6) is 5.75 Å². The second kappa shape index (κ2) is 7.10. The van der Waals surface area contributed by atoms with Crippen molar-refractivity contribution in [3.8, 4) is 28.3 Å². The molecule has 27 heavy (non-hydrogen) atoms. The van der Waals surface area contributed by atoms with Gasteiger partial charge in [-0.1, -0.05) is 57.2 Å². The van der Waals surface area contributed by atoms with E-state index in [1.54, 1.807) is 12.1 Å². The van der Waals surface area contributed by atoms with E-state index in [0.29, 0.717) is 12.2 Å². The summed E-state index contributed by atoms with van der Waals surface area (Å²) in [6, 6.07) is 15.0. The average molecular weight is 374 g/mol. The van der Waals surface area contributed by atoms with E-state index < -0.39 is 11.9 Å². The number of benzene rings is 2. The van der Waals surface area contributed by atoms with Crippen molar-refractivity contribution in [1.29, 1.82) is 0 Å². The number of aromatic nitrogens is 2. The summed E-state index contributed by atoms with van der Waals surface area (Å²) in [5.41, 5.74) is 1.79. The van der Waals surface area contributed by atoms with Crippen molar-refractivity contribution < 1.29 is 17.9 Å². The minimum Gasteiger partial charge on any atom is -0.493 e. The van der Waals surface area contributed by atoms with Crippen LogP contribution in [0.4, 0.5) is 13.2 Å². The Morgan fingerprint density at radius 1 is 0.852 bits per heavy atom.